The lowest BCUT2D eigenvalue weighted by molar-refractivity contribution is -0.317. The summed E-state index contributed by atoms with van der Waals surface area (Å²) < 4.78 is 4.01. The van der Waals surface area contributed by atoms with E-state index < -0.39 is 8.60 Å². The van der Waals surface area contributed by atoms with Crippen molar-refractivity contribution in [1.29, 1.82) is 0 Å². The Morgan fingerprint density at radius 1 is 1.70 bits per heavy atom. The highest BCUT2D eigenvalue weighted by atomic mass is 35.5. The molecule has 0 saturated carbocycles. The maximum absolute atomic E-state index is 9.51. The Bertz CT molecular complexity index is 69.9. The van der Waals surface area contributed by atoms with Gasteiger partial charge < -0.3 is 14.3 Å². The third-order valence-corrected chi connectivity index (χ3v) is 0.822. The summed E-state index contributed by atoms with van der Waals surface area (Å²) in [7, 11) is -2.69. The van der Waals surface area contributed by atoms with Gasteiger partial charge in [0, 0.05) is 5.88 Å². The molecule has 0 aromatic heterocycles. The molecule has 0 unspecified atom stereocenters. The number of allylic oxidation sites excluding steroid dienone is 1. The van der Waals surface area contributed by atoms with Gasteiger partial charge in [0.2, 0.25) is 0 Å². The molecule has 0 atom stereocenters. The van der Waals surface area contributed by atoms with E-state index in [1.807, 2.05) is 6.92 Å². The maximum atomic E-state index is 9.51. The van der Waals surface area contributed by atoms with E-state index in [0.29, 0.717) is 0 Å². The fourth-order valence-corrected chi connectivity index (χ4v) is 0.534. The van der Waals surface area contributed by atoms with Crippen LogP contribution in [0, 0.1) is 0 Å². The topological polar surface area (TPSA) is 55.3 Å². The van der Waals surface area contributed by atoms with Gasteiger partial charge in [0.05, 0.1) is 6.61 Å². The normalized spacial score (nSPS) is 8.50. The lowest BCUT2D eigenvalue weighted by Gasteiger charge is -2.28. The van der Waals surface area contributed by atoms with Gasteiger partial charge in [0.15, 0.2) is 0 Å². The summed E-state index contributed by atoms with van der Waals surface area (Å²) in [6.45, 7) is 5.32. The summed E-state index contributed by atoms with van der Waals surface area (Å²) in [4.78, 5) is 19.0. The van der Waals surface area contributed by atoms with Gasteiger partial charge in [0.25, 0.3) is 0 Å². The monoisotopic (exact) mass is 184 g/mol. The number of hydrogen-bond donors (Lipinski definition) is 0. The van der Waals surface area contributed by atoms with Crippen LogP contribution in [0.5, 0.6) is 0 Å². The van der Waals surface area contributed by atoms with Crippen molar-refractivity contribution in [3.8, 4) is 0 Å². The van der Waals surface area contributed by atoms with Crippen LogP contribution < -0.4 is 9.79 Å². The number of halogens is 1. The molecule has 0 amide bonds. The van der Waals surface area contributed by atoms with E-state index in [1.54, 1.807) is 6.08 Å². The molecule has 0 aliphatic carbocycles. The van der Waals surface area contributed by atoms with Crippen molar-refractivity contribution in [3.05, 3.63) is 12.7 Å². The van der Waals surface area contributed by atoms with Crippen LogP contribution in [-0.4, -0.2) is 12.5 Å². The van der Waals surface area contributed by atoms with Gasteiger partial charge in [-0.2, -0.15) is 8.60 Å². The van der Waals surface area contributed by atoms with Gasteiger partial charge in [-0.25, -0.2) is 0 Å². The highest BCUT2D eigenvalue weighted by Gasteiger charge is 1.74. The minimum absolute atomic E-state index is 0.0697. The second-order valence-electron chi connectivity index (χ2n) is 1.15. The van der Waals surface area contributed by atoms with E-state index in [2.05, 4.69) is 11.1 Å². The molecule has 0 rings (SSSR count). The molecule has 0 heterocycles. The van der Waals surface area contributed by atoms with E-state index in [0.717, 1.165) is 0 Å². The number of hydrogen-bond acceptors (Lipinski definition) is 3. The molecule has 0 bridgehead atoms. The first-order valence-corrected chi connectivity index (χ1v) is 4.22. The fraction of sp³-hybridized carbons (Fsp3) is 0.600. The molecule has 0 radical (unpaired) electrons. The third kappa shape index (κ3) is 23.9. The van der Waals surface area contributed by atoms with Gasteiger partial charge in [-0.15, -0.1) is 18.2 Å². The van der Waals surface area contributed by atoms with Gasteiger partial charge in [-0.05, 0) is 6.92 Å². The molecule has 0 saturated heterocycles. The van der Waals surface area contributed by atoms with Crippen molar-refractivity contribution in [2.45, 2.75) is 6.92 Å². The molecule has 0 fully saturated rings. The van der Waals surface area contributed by atoms with Crippen molar-refractivity contribution in [3.63, 3.8) is 0 Å². The van der Waals surface area contributed by atoms with E-state index in [-0.39, 0.29) is 12.5 Å². The van der Waals surface area contributed by atoms with Crippen LogP contribution >= 0.6 is 20.2 Å². The second-order valence-corrected chi connectivity index (χ2v) is 2.24. The zero-order chi connectivity index (χ0) is 8.41. The standard InChI is InChI=1S/C3H6.C2H4ClO3P/c1-3-2;3-1-2-6-7(4)5/h3H,1H2,2H3;1-2H2/q;-2. The largest absolute Gasteiger partial charge is 0.820 e. The summed E-state index contributed by atoms with van der Waals surface area (Å²) in [5, 5.41) is 0. The predicted molar refractivity (Wildman–Crippen MR) is 39.5 cm³/mol. The molecule has 10 heavy (non-hydrogen) atoms. The van der Waals surface area contributed by atoms with Crippen molar-refractivity contribution in [2.24, 2.45) is 0 Å². The summed E-state index contributed by atoms with van der Waals surface area (Å²) >= 11 is 5.05. The van der Waals surface area contributed by atoms with Gasteiger partial charge in [-0.1, -0.05) is 6.08 Å². The highest BCUT2D eigenvalue weighted by molar-refractivity contribution is 7.36. The first-order valence-electron chi connectivity index (χ1n) is 2.59. The summed E-state index contributed by atoms with van der Waals surface area (Å²) in [6, 6.07) is 0. The van der Waals surface area contributed by atoms with Crippen LogP contribution in [-0.2, 0) is 4.52 Å². The minimum atomic E-state index is -2.69. The maximum Gasteiger partial charge on any atom is 0.0611 e. The Morgan fingerprint density at radius 3 is 2.20 bits per heavy atom. The number of alkyl halides is 1. The lowest BCUT2D eigenvalue weighted by atomic mass is 10.8. The molecule has 0 aliphatic heterocycles. The fourth-order valence-electron chi connectivity index (χ4n) is 0.109. The molecule has 0 aromatic rings. The Labute approximate surface area is 67.3 Å². The molecule has 0 aromatic carbocycles. The summed E-state index contributed by atoms with van der Waals surface area (Å²) in [5.74, 6) is 0.212. The van der Waals surface area contributed by atoms with Crippen molar-refractivity contribution in [2.75, 3.05) is 12.5 Å². The Kier molecular flexibility index (Phi) is 15.6. The Morgan fingerprint density at radius 2 is 2.10 bits per heavy atom. The van der Waals surface area contributed by atoms with E-state index >= 15 is 0 Å². The minimum Gasteiger partial charge on any atom is -0.820 e. The smallest absolute Gasteiger partial charge is 0.0611 e. The van der Waals surface area contributed by atoms with Gasteiger partial charge in [0.1, 0.15) is 0 Å². The summed E-state index contributed by atoms with van der Waals surface area (Å²) in [5.41, 5.74) is 0. The lowest BCUT2D eigenvalue weighted by Crippen LogP contribution is -2.11. The molecule has 3 nitrogen and oxygen atoms in total. The summed E-state index contributed by atoms with van der Waals surface area (Å²) in [6.07, 6.45) is 1.75. The quantitative estimate of drug-likeness (QED) is 0.362. The number of rotatable bonds is 3. The van der Waals surface area contributed by atoms with Crippen molar-refractivity contribution >= 4 is 20.2 Å². The van der Waals surface area contributed by atoms with E-state index in [9.17, 15) is 9.79 Å². The van der Waals surface area contributed by atoms with Crippen molar-refractivity contribution < 1.29 is 14.3 Å². The first kappa shape index (κ1) is 13.0. The molecular formula is C5H10ClO3P-2. The molecule has 0 N–H and O–H groups in total. The Hall–Kier alpha value is 0.340. The van der Waals surface area contributed by atoms with Crippen LogP contribution in [0.4, 0.5) is 0 Å². The van der Waals surface area contributed by atoms with Crippen LogP contribution in [0.25, 0.3) is 0 Å². The molecular weight excluding hydrogens is 174 g/mol. The highest BCUT2D eigenvalue weighted by Crippen LogP contribution is 2.11. The second kappa shape index (κ2) is 12.1. The molecule has 0 spiro atoms. The molecule has 5 heteroatoms. The third-order valence-electron chi connectivity index (χ3n) is 0.274. The van der Waals surface area contributed by atoms with Crippen molar-refractivity contribution in [1.82, 2.24) is 0 Å². The predicted octanol–water partition coefficient (Wildman–Crippen LogP) is 0.382. The SMILES string of the molecule is C=CC.[O-]P([O-])OCCCl. The van der Waals surface area contributed by atoms with Gasteiger partial charge >= 0.3 is 0 Å². The average Bonchev–Trinajstić information content (AvgIpc) is 1.85. The van der Waals surface area contributed by atoms with E-state index in [4.69, 9.17) is 11.6 Å². The van der Waals surface area contributed by atoms with E-state index in [1.165, 1.54) is 0 Å². The van der Waals surface area contributed by atoms with Crippen LogP contribution in [0.2, 0.25) is 0 Å². The molecule has 62 valence electrons. The Balaban J connectivity index is 0. The zero-order valence-corrected chi connectivity index (χ0v) is 7.40. The zero-order valence-electron chi connectivity index (χ0n) is 5.75. The average molecular weight is 185 g/mol. The first-order chi connectivity index (χ1) is 4.68. The van der Waals surface area contributed by atoms with Crippen LogP contribution in [0.15, 0.2) is 12.7 Å². The van der Waals surface area contributed by atoms with Crippen LogP contribution in [0.1, 0.15) is 6.92 Å². The van der Waals surface area contributed by atoms with Gasteiger partial charge in [-0.3, -0.25) is 0 Å². The molecule has 0 aliphatic rings. The van der Waals surface area contributed by atoms with Crippen LogP contribution in [0.3, 0.4) is 0 Å².